The number of benzene rings is 1. The molecule has 104 valence electrons. The molecule has 0 fully saturated rings. The Labute approximate surface area is 112 Å². The minimum atomic E-state index is -0.977. The quantitative estimate of drug-likeness (QED) is 0.852. The molecule has 0 aliphatic carbocycles. The van der Waals surface area contributed by atoms with Gasteiger partial charge >= 0.3 is 5.97 Å². The average Bonchev–Trinajstić information content (AvgIpc) is 2.33. The van der Waals surface area contributed by atoms with Gasteiger partial charge < -0.3 is 15.2 Å². The lowest BCUT2D eigenvalue weighted by Crippen LogP contribution is -2.36. The molecule has 0 bridgehead atoms. The van der Waals surface area contributed by atoms with E-state index in [2.05, 4.69) is 5.32 Å². The van der Waals surface area contributed by atoms with Crippen LogP contribution in [0.3, 0.4) is 0 Å². The third-order valence-electron chi connectivity index (χ3n) is 2.72. The van der Waals surface area contributed by atoms with Crippen LogP contribution in [0.15, 0.2) is 12.1 Å². The monoisotopic (exact) mass is 265 g/mol. The first kappa shape index (κ1) is 15.0. The Morgan fingerprint density at radius 1 is 1.32 bits per heavy atom. The van der Waals surface area contributed by atoms with Crippen molar-refractivity contribution in [1.82, 2.24) is 5.32 Å². The van der Waals surface area contributed by atoms with Crippen molar-refractivity contribution >= 4 is 11.9 Å². The van der Waals surface area contributed by atoms with Crippen molar-refractivity contribution < 1.29 is 19.4 Å². The summed E-state index contributed by atoms with van der Waals surface area (Å²) in [5, 5.41) is 11.6. The van der Waals surface area contributed by atoms with Crippen LogP contribution in [0.5, 0.6) is 5.75 Å². The Kier molecular flexibility index (Phi) is 4.92. The number of hydrogen-bond donors (Lipinski definition) is 2. The summed E-state index contributed by atoms with van der Waals surface area (Å²) in [6.07, 6.45) is -0.618. The zero-order chi connectivity index (χ0) is 14.6. The molecular formula is C14H19NO4. The normalized spacial score (nSPS) is 11.8. The lowest BCUT2D eigenvalue weighted by Gasteiger charge is -2.18. The molecule has 0 heterocycles. The number of aryl methyl sites for hydroxylation is 2. The molecule has 0 aliphatic rings. The predicted molar refractivity (Wildman–Crippen MR) is 71.6 cm³/mol. The maximum absolute atomic E-state index is 11.6. The van der Waals surface area contributed by atoms with Crippen molar-refractivity contribution in [2.24, 2.45) is 0 Å². The van der Waals surface area contributed by atoms with E-state index in [1.165, 1.54) is 12.1 Å². The van der Waals surface area contributed by atoms with Crippen molar-refractivity contribution in [3.63, 3.8) is 0 Å². The SMILES string of the molecule is CCNC(=O)C(C)Oc1c(C)cc(C(=O)O)cc1C. The first-order valence-electron chi connectivity index (χ1n) is 6.15. The number of rotatable bonds is 5. The summed E-state index contributed by atoms with van der Waals surface area (Å²) < 4.78 is 5.62. The molecule has 2 N–H and O–H groups in total. The number of carboxylic acids is 1. The van der Waals surface area contributed by atoms with Crippen molar-refractivity contribution in [1.29, 1.82) is 0 Å². The summed E-state index contributed by atoms with van der Waals surface area (Å²) in [6, 6.07) is 3.07. The Bertz CT molecular complexity index is 473. The van der Waals surface area contributed by atoms with Gasteiger partial charge in [-0.05, 0) is 51.0 Å². The van der Waals surface area contributed by atoms with Gasteiger partial charge in [-0.1, -0.05) is 0 Å². The highest BCUT2D eigenvalue weighted by atomic mass is 16.5. The largest absolute Gasteiger partial charge is 0.480 e. The fraction of sp³-hybridized carbons (Fsp3) is 0.429. The number of aromatic carboxylic acids is 1. The molecule has 19 heavy (non-hydrogen) atoms. The van der Waals surface area contributed by atoms with Crippen molar-refractivity contribution in [2.75, 3.05) is 6.54 Å². The summed E-state index contributed by atoms with van der Waals surface area (Å²) >= 11 is 0. The highest BCUT2D eigenvalue weighted by molar-refractivity contribution is 5.88. The molecular weight excluding hydrogens is 246 g/mol. The summed E-state index contributed by atoms with van der Waals surface area (Å²) in [7, 11) is 0. The van der Waals surface area contributed by atoms with Crippen LogP contribution in [0.25, 0.3) is 0 Å². The van der Waals surface area contributed by atoms with Gasteiger partial charge in [-0.15, -0.1) is 0 Å². The smallest absolute Gasteiger partial charge is 0.335 e. The van der Waals surface area contributed by atoms with Crippen molar-refractivity contribution in [3.05, 3.63) is 28.8 Å². The standard InChI is InChI=1S/C14H19NO4/c1-5-15-13(16)10(4)19-12-8(2)6-11(14(17)18)7-9(12)3/h6-7,10H,5H2,1-4H3,(H,15,16)(H,17,18). The molecule has 1 atom stereocenters. The second-order valence-corrected chi connectivity index (χ2v) is 4.40. The number of hydrogen-bond acceptors (Lipinski definition) is 3. The predicted octanol–water partition coefficient (Wildman–Crippen LogP) is 1.91. The van der Waals surface area contributed by atoms with Crippen LogP contribution in [-0.2, 0) is 4.79 Å². The van der Waals surface area contributed by atoms with E-state index in [0.29, 0.717) is 23.4 Å². The van der Waals surface area contributed by atoms with E-state index in [4.69, 9.17) is 9.84 Å². The number of carbonyl (C=O) groups is 2. The molecule has 1 aromatic rings. The minimum absolute atomic E-state index is 0.191. The fourth-order valence-electron chi connectivity index (χ4n) is 1.81. The van der Waals surface area contributed by atoms with Crippen LogP contribution in [-0.4, -0.2) is 29.6 Å². The first-order chi connectivity index (χ1) is 8.86. The van der Waals surface area contributed by atoms with Gasteiger partial charge in [-0.3, -0.25) is 4.79 Å². The summed E-state index contributed by atoms with van der Waals surface area (Å²) in [5.41, 5.74) is 1.62. The van der Waals surface area contributed by atoms with Crippen LogP contribution in [0.4, 0.5) is 0 Å². The maximum Gasteiger partial charge on any atom is 0.335 e. The Hall–Kier alpha value is -2.04. The van der Waals surface area contributed by atoms with Gasteiger partial charge in [-0.2, -0.15) is 0 Å². The van der Waals surface area contributed by atoms with Gasteiger partial charge in [0.2, 0.25) is 0 Å². The number of ether oxygens (including phenoxy) is 1. The van der Waals surface area contributed by atoms with E-state index in [9.17, 15) is 9.59 Å². The van der Waals surface area contributed by atoms with Crippen LogP contribution < -0.4 is 10.1 Å². The van der Waals surface area contributed by atoms with E-state index < -0.39 is 12.1 Å². The average molecular weight is 265 g/mol. The molecule has 1 aromatic carbocycles. The molecule has 5 heteroatoms. The lowest BCUT2D eigenvalue weighted by molar-refractivity contribution is -0.127. The number of amides is 1. The zero-order valence-electron chi connectivity index (χ0n) is 11.6. The maximum atomic E-state index is 11.6. The highest BCUT2D eigenvalue weighted by Crippen LogP contribution is 2.26. The van der Waals surface area contributed by atoms with Crippen molar-refractivity contribution in [3.8, 4) is 5.75 Å². The topological polar surface area (TPSA) is 75.6 Å². The van der Waals surface area contributed by atoms with Gasteiger partial charge in [0.05, 0.1) is 5.56 Å². The van der Waals surface area contributed by atoms with Gasteiger partial charge in [0.25, 0.3) is 5.91 Å². The number of likely N-dealkylation sites (N-methyl/N-ethyl adjacent to an activating group) is 1. The van der Waals surface area contributed by atoms with E-state index in [1.54, 1.807) is 20.8 Å². The second kappa shape index (κ2) is 6.22. The first-order valence-corrected chi connectivity index (χ1v) is 6.15. The zero-order valence-corrected chi connectivity index (χ0v) is 11.6. The fourth-order valence-corrected chi connectivity index (χ4v) is 1.81. The number of carboxylic acid groups (broad SMARTS) is 1. The molecule has 0 aromatic heterocycles. The Morgan fingerprint density at radius 3 is 2.26 bits per heavy atom. The van der Waals surface area contributed by atoms with Gasteiger partial charge in [0, 0.05) is 6.54 Å². The van der Waals surface area contributed by atoms with Gasteiger partial charge in [0.1, 0.15) is 5.75 Å². The van der Waals surface area contributed by atoms with E-state index >= 15 is 0 Å². The Balaban J connectivity index is 2.96. The molecule has 1 amide bonds. The molecule has 0 saturated carbocycles. The van der Waals surface area contributed by atoms with Crippen molar-refractivity contribution in [2.45, 2.75) is 33.8 Å². The van der Waals surface area contributed by atoms with Gasteiger partial charge in [-0.25, -0.2) is 4.79 Å². The Morgan fingerprint density at radius 2 is 1.84 bits per heavy atom. The summed E-state index contributed by atoms with van der Waals surface area (Å²) in [5.74, 6) is -0.609. The van der Waals surface area contributed by atoms with E-state index in [0.717, 1.165) is 0 Å². The highest BCUT2D eigenvalue weighted by Gasteiger charge is 2.17. The molecule has 1 unspecified atom stereocenters. The van der Waals surface area contributed by atoms with Crippen LogP contribution in [0, 0.1) is 13.8 Å². The van der Waals surface area contributed by atoms with Crippen LogP contribution in [0.1, 0.15) is 35.3 Å². The summed E-state index contributed by atoms with van der Waals surface area (Å²) in [4.78, 5) is 22.5. The molecule has 0 radical (unpaired) electrons. The minimum Gasteiger partial charge on any atom is -0.480 e. The second-order valence-electron chi connectivity index (χ2n) is 4.40. The molecule has 5 nitrogen and oxygen atoms in total. The third-order valence-corrected chi connectivity index (χ3v) is 2.72. The third kappa shape index (κ3) is 3.71. The summed E-state index contributed by atoms with van der Waals surface area (Å²) in [6.45, 7) is 7.57. The lowest BCUT2D eigenvalue weighted by atomic mass is 10.1. The molecule has 0 saturated heterocycles. The molecule has 1 rings (SSSR count). The number of nitrogens with one attached hydrogen (secondary N) is 1. The van der Waals surface area contributed by atoms with E-state index in [1.807, 2.05) is 6.92 Å². The van der Waals surface area contributed by atoms with E-state index in [-0.39, 0.29) is 11.5 Å². The van der Waals surface area contributed by atoms with Crippen LogP contribution in [0.2, 0.25) is 0 Å². The molecule has 0 aliphatic heterocycles. The number of carbonyl (C=O) groups excluding carboxylic acids is 1. The van der Waals surface area contributed by atoms with Crippen LogP contribution >= 0.6 is 0 Å². The molecule has 0 spiro atoms. The van der Waals surface area contributed by atoms with Gasteiger partial charge in [0.15, 0.2) is 6.10 Å².